The van der Waals surface area contributed by atoms with Crippen LogP contribution >= 0.6 is 23.4 Å². The number of halogens is 1. The largest absolute Gasteiger partial charge is 0.392 e. The third kappa shape index (κ3) is 2.99. The second-order valence-corrected chi connectivity index (χ2v) is 5.72. The highest BCUT2D eigenvalue weighted by Crippen LogP contribution is 2.31. The Bertz CT molecular complexity index is 453. The molecule has 1 aromatic carbocycles. The summed E-state index contributed by atoms with van der Waals surface area (Å²) in [4.78, 5) is 13.1. The zero-order valence-electron chi connectivity index (χ0n) is 10.1. The number of aliphatic hydroxyl groups excluding tert-OH is 1. The molecule has 0 radical (unpaired) electrons. The van der Waals surface area contributed by atoms with Crippen molar-refractivity contribution in [3.8, 4) is 0 Å². The molecule has 2 rings (SSSR count). The predicted octanol–water partition coefficient (Wildman–Crippen LogP) is 3.16. The van der Waals surface area contributed by atoms with Crippen LogP contribution in [-0.4, -0.2) is 23.4 Å². The van der Waals surface area contributed by atoms with Gasteiger partial charge in [0.05, 0.1) is 17.7 Å². The number of anilines is 1. The van der Waals surface area contributed by atoms with Crippen LogP contribution < -0.4 is 5.32 Å². The topological polar surface area (TPSA) is 49.3 Å². The Morgan fingerprint density at radius 2 is 2.28 bits per heavy atom. The van der Waals surface area contributed by atoms with Crippen LogP contribution in [0.25, 0.3) is 0 Å². The minimum atomic E-state index is -0.512. The quantitative estimate of drug-likeness (QED) is 0.839. The first kappa shape index (κ1) is 13.7. The maximum atomic E-state index is 12.1. The Balaban J connectivity index is 2.13. The molecule has 0 aliphatic heterocycles. The molecule has 3 nitrogen and oxygen atoms in total. The van der Waals surface area contributed by atoms with E-state index in [1.54, 1.807) is 23.9 Å². The first-order chi connectivity index (χ1) is 8.61. The fourth-order valence-electron chi connectivity index (χ4n) is 2.25. The molecule has 1 saturated carbocycles. The Labute approximate surface area is 116 Å². The minimum absolute atomic E-state index is 0.113. The maximum Gasteiger partial charge on any atom is 0.230 e. The van der Waals surface area contributed by atoms with Gasteiger partial charge in [-0.1, -0.05) is 11.6 Å². The summed E-state index contributed by atoms with van der Waals surface area (Å²) in [6.07, 6.45) is 3.81. The highest BCUT2D eigenvalue weighted by Gasteiger charge is 2.31. The molecule has 2 atom stereocenters. The van der Waals surface area contributed by atoms with Gasteiger partial charge in [-0.15, -0.1) is 11.8 Å². The van der Waals surface area contributed by atoms with Gasteiger partial charge in [0.15, 0.2) is 0 Å². The molecular formula is C13H16ClNO2S. The van der Waals surface area contributed by atoms with Crippen molar-refractivity contribution in [3.63, 3.8) is 0 Å². The van der Waals surface area contributed by atoms with Crippen molar-refractivity contribution in [2.45, 2.75) is 30.3 Å². The van der Waals surface area contributed by atoms with Gasteiger partial charge in [-0.3, -0.25) is 4.79 Å². The first-order valence-corrected chi connectivity index (χ1v) is 7.54. The lowest BCUT2D eigenvalue weighted by Crippen LogP contribution is -2.28. The number of thioether (sulfide) groups is 1. The van der Waals surface area contributed by atoms with E-state index in [0.717, 1.165) is 23.4 Å². The number of benzene rings is 1. The van der Waals surface area contributed by atoms with Gasteiger partial charge < -0.3 is 10.4 Å². The van der Waals surface area contributed by atoms with Crippen LogP contribution in [0, 0.1) is 5.92 Å². The van der Waals surface area contributed by atoms with E-state index in [0.29, 0.717) is 11.4 Å². The molecule has 2 N–H and O–H groups in total. The molecule has 0 spiro atoms. The third-order valence-corrected chi connectivity index (χ3v) is 4.27. The summed E-state index contributed by atoms with van der Waals surface area (Å²) in [6, 6.07) is 5.42. The van der Waals surface area contributed by atoms with E-state index in [1.165, 1.54) is 0 Å². The Morgan fingerprint density at radius 3 is 2.89 bits per heavy atom. The number of hydrogen-bond acceptors (Lipinski definition) is 3. The van der Waals surface area contributed by atoms with Crippen molar-refractivity contribution in [2.24, 2.45) is 5.92 Å². The van der Waals surface area contributed by atoms with Crippen molar-refractivity contribution in [1.29, 1.82) is 0 Å². The summed E-state index contributed by atoms with van der Waals surface area (Å²) in [5.74, 6) is -0.406. The molecule has 0 bridgehead atoms. The van der Waals surface area contributed by atoms with E-state index in [2.05, 4.69) is 5.32 Å². The minimum Gasteiger partial charge on any atom is -0.392 e. The van der Waals surface area contributed by atoms with Gasteiger partial charge in [-0.2, -0.15) is 0 Å². The van der Waals surface area contributed by atoms with Crippen LogP contribution in [0.4, 0.5) is 5.69 Å². The smallest absolute Gasteiger partial charge is 0.230 e. The van der Waals surface area contributed by atoms with Crippen molar-refractivity contribution in [1.82, 2.24) is 0 Å². The standard InChI is InChI=1S/C13H16ClNO2S/c1-18-12-6-5-8(14)7-10(12)15-13(17)9-3-2-4-11(9)16/h5-7,9,11,16H,2-4H2,1H3,(H,15,17). The molecule has 1 amide bonds. The Morgan fingerprint density at radius 1 is 1.50 bits per heavy atom. The normalized spacial score (nSPS) is 23.1. The van der Waals surface area contributed by atoms with Gasteiger partial charge in [-0.25, -0.2) is 0 Å². The fraction of sp³-hybridized carbons (Fsp3) is 0.462. The van der Waals surface area contributed by atoms with Gasteiger partial charge in [0.2, 0.25) is 5.91 Å². The van der Waals surface area contributed by atoms with E-state index in [9.17, 15) is 9.90 Å². The Hall–Kier alpha value is -0.710. The average Bonchev–Trinajstić information content (AvgIpc) is 2.76. The van der Waals surface area contributed by atoms with Crippen LogP contribution in [0.2, 0.25) is 5.02 Å². The zero-order valence-corrected chi connectivity index (χ0v) is 11.7. The molecule has 5 heteroatoms. The predicted molar refractivity (Wildman–Crippen MR) is 75.2 cm³/mol. The molecule has 0 saturated heterocycles. The molecule has 98 valence electrons. The number of aliphatic hydroxyl groups is 1. The summed E-state index contributed by atoms with van der Waals surface area (Å²) >= 11 is 7.49. The number of amides is 1. The number of rotatable bonds is 3. The van der Waals surface area contributed by atoms with Gasteiger partial charge in [-0.05, 0) is 43.7 Å². The van der Waals surface area contributed by atoms with Crippen molar-refractivity contribution in [3.05, 3.63) is 23.2 Å². The number of nitrogens with one attached hydrogen (secondary N) is 1. The lowest BCUT2D eigenvalue weighted by atomic mass is 10.1. The van der Waals surface area contributed by atoms with E-state index < -0.39 is 6.10 Å². The highest BCUT2D eigenvalue weighted by atomic mass is 35.5. The second kappa shape index (κ2) is 5.95. The van der Waals surface area contributed by atoms with Crippen molar-refractivity contribution in [2.75, 3.05) is 11.6 Å². The van der Waals surface area contributed by atoms with Crippen molar-refractivity contribution >= 4 is 35.0 Å². The first-order valence-electron chi connectivity index (χ1n) is 5.94. The van der Waals surface area contributed by atoms with Gasteiger partial charge >= 0.3 is 0 Å². The lowest BCUT2D eigenvalue weighted by Gasteiger charge is -2.16. The molecule has 0 heterocycles. The number of carbonyl (C=O) groups excluding carboxylic acids is 1. The van der Waals surface area contributed by atoms with E-state index in [1.807, 2.05) is 12.3 Å². The molecule has 18 heavy (non-hydrogen) atoms. The van der Waals surface area contributed by atoms with E-state index >= 15 is 0 Å². The molecule has 1 aliphatic carbocycles. The van der Waals surface area contributed by atoms with Crippen LogP contribution in [0.3, 0.4) is 0 Å². The Kier molecular flexibility index (Phi) is 4.54. The SMILES string of the molecule is CSc1ccc(Cl)cc1NC(=O)C1CCCC1O. The van der Waals surface area contributed by atoms with E-state index in [4.69, 9.17) is 11.6 Å². The van der Waals surface area contributed by atoms with Gasteiger partial charge in [0.1, 0.15) is 0 Å². The number of hydrogen-bond donors (Lipinski definition) is 2. The summed E-state index contributed by atoms with van der Waals surface area (Å²) in [7, 11) is 0. The molecular weight excluding hydrogens is 270 g/mol. The third-order valence-electron chi connectivity index (χ3n) is 3.24. The fourth-order valence-corrected chi connectivity index (χ4v) is 2.96. The van der Waals surface area contributed by atoms with E-state index in [-0.39, 0.29) is 11.8 Å². The summed E-state index contributed by atoms with van der Waals surface area (Å²) in [5, 5.41) is 13.2. The molecule has 2 unspecified atom stereocenters. The van der Waals surface area contributed by atoms with Gasteiger partial charge in [0.25, 0.3) is 0 Å². The molecule has 0 aromatic heterocycles. The molecule has 1 fully saturated rings. The van der Waals surface area contributed by atoms with Crippen LogP contribution in [0.15, 0.2) is 23.1 Å². The van der Waals surface area contributed by atoms with Gasteiger partial charge in [0, 0.05) is 9.92 Å². The van der Waals surface area contributed by atoms with Crippen LogP contribution in [-0.2, 0) is 4.79 Å². The van der Waals surface area contributed by atoms with Crippen molar-refractivity contribution < 1.29 is 9.90 Å². The second-order valence-electron chi connectivity index (χ2n) is 4.44. The molecule has 1 aliphatic rings. The lowest BCUT2D eigenvalue weighted by molar-refractivity contribution is -0.122. The number of carbonyl (C=O) groups is 1. The average molecular weight is 286 g/mol. The van der Waals surface area contributed by atoms with Crippen LogP contribution in [0.5, 0.6) is 0 Å². The molecule has 1 aromatic rings. The monoisotopic (exact) mass is 285 g/mol. The summed E-state index contributed by atoms with van der Waals surface area (Å²) in [5.41, 5.74) is 0.721. The highest BCUT2D eigenvalue weighted by molar-refractivity contribution is 7.98. The van der Waals surface area contributed by atoms with Crippen LogP contribution in [0.1, 0.15) is 19.3 Å². The summed E-state index contributed by atoms with van der Waals surface area (Å²) < 4.78 is 0. The summed E-state index contributed by atoms with van der Waals surface area (Å²) in [6.45, 7) is 0. The maximum absolute atomic E-state index is 12.1. The zero-order chi connectivity index (χ0) is 13.1.